The molecule has 5 aromatic rings. The maximum absolute atomic E-state index is 5.73. The zero-order valence-corrected chi connectivity index (χ0v) is 16.6. The number of nitrogens with two attached hydrogens (primary N) is 1. The second kappa shape index (κ2) is 7.11. The van der Waals surface area contributed by atoms with Gasteiger partial charge in [-0.3, -0.25) is 4.98 Å². The first-order chi connectivity index (χ1) is 14.6. The van der Waals surface area contributed by atoms with Crippen LogP contribution in [0.1, 0.15) is 18.5 Å². The van der Waals surface area contributed by atoms with Gasteiger partial charge in [-0.2, -0.15) is 0 Å². The number of anilines is 1. The SMILES string of the molecule is COc1cccc([C@@H](C)n2nnc3cnc4ccc(-c5ccc(N)nc5)cc4c32)c1. The minimum atomic E-state index is -0.0300. The average Bonchev–Trinajstić information content (AvgIpc) is 3.23. The molecule has 3 heterocycles. The Balaban J connectivity index is 1.69. The van der Waals surface area contributed by atoms with Crippen LogP contribution >= 0.6 is 0 Å². The Morgan fingerprint density at radius 1 is 0.933 bits per heavy atom. The van der Waals surface area contributed by atoms with Crippen LogP contribution in [0.25, 0.3) is 33.1 Å². The molecule has 0 amide bonds. The smallest absolute Gasteiger partial charge is 0.132 e. The number of hydrogen-bond donors (Lipinski definition) is 1. The van der Waals surface area contributed by atoms with Crippen molar-refractivity contribution in [1.29, 1.82) is 0 Å². The third kappa shape index (κ3) is 3.00. The Labute approximate surface area is 173 Å². The molecule has 0 bridgehead atoms. The van der Waals surface area contributed by atoms with Crippen LogP contribution in [0, 0.1) is 0 Å². The quantitative estimate of drug-likeness (QED) is 0.488. The van der Waals surface area contributed by atoms with E-state index in [9.17, 15) is 0 Å². The molecule has 0 saturated heterocycles. The fraction of sp³-hybridized carbons (Fsp3) is 0.130. The zero-order chi connectivity index (χ0) is 20.7. The summed E-state index contributed by atoms with van der Waals surface area (Å²) in [5.74, 6) is 1.31. The van der Waals surface area contributed by atoms with E-state index in [1.165, 1.54) is 0 Å². The number of rotatable bonds is 4. The average molecular weight is 396 g/mol. The summed E-state index contributed by atoms with van der Waals surface area (Å²) in [5.41, 5.74) is 11.4. The van der Waals surface area contributed by atoms with Crippen LogP contribution in [-0.2, 0) is 0 Å². The Bertz CT molecular complexity index is 1360. The molecule has 0 saturated carbocycles. The predicted molar refractivity (Wildman–Crippen MR) is 117 cm³/mol. The van der Waals surface area contributed by atoms with Crippen molar-refractivity contribution >= 4 is 27.8 Å². The Kier molecular flexibility index (Phi) is 4.28. The molecule has 2 N–H and O–H groups in total. The molecule has 2 aromatic carbocycles. The first-order valence-electron chi connectivity index (χ1n) is 9.63. The van der Waals surface area contributed by atoms with Crippen molar-refractivity contribution in [3.63, 3.8) is 0 Å². The molecule has 7 heteroatoms. The minimum Gasteiger partial charge on any atom is -0.497 e. The van der Waals surface area contributed by atoms with Gasteiger partial charge < -0.3 is 10.5 Å². The molecule has 0 aliphatic rings. The summed E-state index contributed by atoms with van der Waals surface area (Å²) < 4.78 is 7.33. The normalized spacial score (nSPS) is 12.3. The van der Waals surface area contributed by atoms with E-state index in [1.54, 1.807) is 25.6 Å². The number of aromatic nitrogens is 5. The molecule has 5 rings (SSSR count). The Morgan fingerprint density at radius 2 is 1.80 bits per heavy atom. The van der Waals surface area contributed by atoms with Crippen molar-refractivity contribution in [1.82, 2.24) is 25.0 Å². The van der Waals surface area contributed by atoms with E-state index >= 15 is 0 Å². The van der Waals surface area contributed by atoms with Gasteiger partial charge in [0.05, 0.1) is 24.9 Å². The highest BCUT2D eigenvalue weighted by Crippen LogP contribution is 2.31. The maximum atomic E-state index is 5.73. The second-order valence-electron chi connectivity index (χ2n) is 7.18. The number of ether oxygens (including phenoxy) is 1. The lowest BCUT2D eigenvalue weighted by Crippen LogP contribution is -2.09. The highest BCUT2D eigenvalue weighted by atomic mass is 16.5. The predicted octanol–water partition coefficient (Wildman–Crippen LogP) is 4.24. The molecule has 0 fully saturated rings. The lowest BCUT2D eigenvalue weighted by Gasteiger charge is -2.15. The van der Waals surface area contributed by atoms with Crippen LogP contribution in [-0.4, -0.2) is 32.1 Å². The van der Waals surface area contributed by atoms with Crippen LogP contribution in [0.3, 0.4) is 0 Å². The lowest BCUT2D eigenvalue weighted by molar-refractivity contribution is 0.413. The van der Waals surface area contributed by atoms with Crippen molar-refractivity contribution < 1.29 is 4.74 Å². The van der Waals surface area contributed by atoms with Crippen molar-refractivity contribution in [3.8, 4) is 16.9 Å². The molecule has 0 spiro atoms. The number of fused-ring (bicyclic) bond motifs is 3. The number of nitrogens with zero attached hydrogens (tertiary/aromatic N) is 5. The number of nitrogen functional groups attached to an aromatic ring is 1. The summed E-state index contributed by atoms with van der Waals surface area (Å²) in [6.07, 6.45) is 3.54. The van der Waals surface area contributed by atoms with Crippen LogP contribution < -0.4 is 10.5 Å². The van der Waals surface area contributed by atoms with Gasteiger partial charge in [0.2, 0.25) is 0 Å². The van der Waals surface area contributed by atoms with E-state index in [1.807, 2.05) is 41.1 Å². The van der Waals surface area contributed by atoms with Gasteiger partial charge in [-0.05, 0) is 54.4 Å². The summed E-state index contributed by atoms with van der Waals surface area (Å²) in [6, 6.07) is 17.9. The summed E-state index contributed by atoms with van der Waals surface area (Å²) in [6.45, 7) is 2.10. The summed E-state index contributed by atoms with van der Waals surface area (Å²) in [7, 11) is 1.67. The van der Waals surface area contributed by atoms with E-state index in [0.717, 1.165) is 44.4 Å². The molecule has 7 nitrogen and oxygen atoms in total. The summed E-state index contributed by atoms with van der Waals surface area (Å²) in [5, 5.41) is 9.80. The molecule has 0 unspecified atom stereocenters. The first-order valence-corrected chi connectivity index (χ1v) is 9.63. The molecule has 3 aromatic heterocycles. The first kappa shape index (κ1) is 18.1. The highest BCUT2D eigenvalue weighted by molar-refractivity contribution is 6.03. The third-order valence-electron chi connectivity index (χ3n) is 5.36. The summed E-state index contributed by atoms with van der Waals surface area (Å²) in [4.78, 5) is 8.77. The van der Waals surface area contributed by atoms with Gasteiger partial charge >= 0.3 is 0 Å². The van der Waals surface area contributed by atoms with Gasteiger partial charge in [-0.15, -0.1) is 5.10 Å². The van der Waals surface area contributed by atoms with E-state index in [2.05, 4.69) is 39.3 Å². The van der Waals surface area contributed by atoms with Crippen molar-refractivity contribution in [2.75, 3.05) is 12.8 Å². The Hall–Kier alpha value is -4.00. The van der Waals surface area contributed by atoms with Gasteiger partial charge in [0, 0.05) is 17.1 Å². The maximum Gasteiger partial charge on any atom is 0.132 e. The zero-order valence-electron chi connectivity index (χ0n) is 16.6. The van der Waals surface area contributed by atoms with Crippen LogP contribution in [0.2, 0.25) is 0 Å². The summed E-state index contributed by atoms with van der Waals surface area (Å²) >= 11 is 0. The van der Waals surface area contributed by atoms with Gasteiger partial charge in [-0.1, -0.05) is 23.4 Å². The number of methoxy groups -OCH3 is 1. The molecule has 148 valence electrons. The van der Waals surface area contributed by atoms with E-state index in [0.29, 0.717) is 5.82 Å². The lowest BCUT2D eigenvalue weighted by atomic mass is 10.0. The molecular weight excluding hydrogens is 376 g/mol. The minimum absolute atomic E-state index is 0.0300. The second-order valence-corrected chi connectivity index (χ2v) is 7.18. The van der Waals surface area contributed by atoms with Crippen molar-refractivity contribution in [3.05, 3.63) is 72.6 Å². The highest BCUT2D eigenvalue weighted by Gasteiger charge is 2.17. The molecule has 1 atom stereocenters. The topological polar surface area (TPSA) is 91.7 Å². The van der Waals surface area contributed by atoms with Crippen molar-refractivity contribution in [2.45, 2.75) is 13.0 Å². The van der Waals surface area contributed by atoms with Gasteiger partial charge in [-0.25, -0.2) is 9.67 Å². The molecule has 0 aliphatic carbocycles. The van der Waals surface area contributed by atoms with Crippen LogP contribution in [0.5, 0.6) is 5.75 Å². The number of hydrogen-bond acceptors (Lipinski definition) is 6. The standard InChI is InChI=1S/C23H20N6O/c1-14(15-4-3-5-18(10-15)30-2)29-23-19-11-16(17-7-9-22(24)26-12-17)6-8-20(19)25-13-21(23)27-28-29/h3-14H,1-2H3,(H2,24,26)/t14-/m1/s1. The molecular formula is C23H20N6O. The monoisotopic (exact) mass is 396 g/mol. The van der Waals surface area contributed by atoms with E-state index < -0.39 is 0 Å². The Morgan fingerprint density at radius 3 is 2.60 bits per heavy atom. The fourth-order valence-electron chi connectivity index (χ4n) is 3.69. The van der Waals surface area contributed by atoms with Crippen LogP contribution in [0.15, 0.2) is 67.0 Å². The van der Waals surface area contributed by atoms with Gasteiger partial charge in [0.1, 0.15) is 22.6 Å². The number of pyridine rings is 2. The van der Waals surface area contributed by atoms with Crippen molar-refractivity contribution in [2.24, 2.45) is 0 Å². The van der Waals surface area contributed by atoms with Gasteiger partial charge in [0.15, 0.2) is 0 Å². The van der Waals surface area contributed by atoms with E-state index in [-0.39, 0.29) is 6.04 Å². The van der Waals surface area contributed by atoms with Crippen LogP contribution in [0.4, 0.5) is 5.82 Å². The van der Waals surface area contributed by atoms with E-state index in [4.69, 9.17) is 10.5 Å². The largest absolute Gasteiger partial charge is 0.497 e. The molecule has 0 radical (unpaired) electrons. The van der Waals surface area contributed by atoms with Gasteiger partial charge in [0.25, 0.3) is 0 Å². The molecule has 30 heavy (non-hydrogen) atoms. The molecule has 0 aliphatic heterocycles. The third-order valence-corrected chi connectivity index (χ3v) is 5.36. The fourth-order valence-corrected chi connectivity index (χ4v) is 3.69. The number of benzene rings is 2.